The molecule has 0 fully saturated rings. The number of carbonyl (C=O) groups is 1. The van der Waals surface area contributed by atoms with Gasteiger partial charge in [-0.15, -0.1) is 0 Å². The summed E-state index contributed by atoms with van der Waals surface area (Å²) in [6.07, 6.45) is 5.01. The van der Waals surface area contributed by atoms with Gasteiger partial charge in [0.2, 0.25) is 5.95 Å². The summed E-state index contributed by atoms with van der Waals surface area (Å²) in [6, 6.07) is 10.4. The van der Waals surface area contributed by atoms with Crippen LogP contribution in [0.15, 0.2) is 55.0 Å². The number of nitrogens with zero attached hydrogens (tertiary/aromatic N) is 4. The molecule has 8 nitrogen and oxygen atoms in total. The highest BCUT2D eigenvalue weighted by molar-refractivity contribution is 6.32. The number of rotatable bonds is 8. The number of pyridine rings is 1. The number of hydrogen-bond donors (Lipinski definition) is 2. The van der Waals surface area contributed by atoms with Gasteiger partial charge in [-0.1, -0.05) is 17.7 Å². The average Bonchev–Trinajstić information content (AvgIpc) is 3.38. The van der Waals surface area contributed by atoms with Crippen molar-refractivity contribution in [3.05, 3.63) is 93.8 Å². The molecule has 2 aromatic heterocycles. The molecular weight excluding hydrogens is 521 g/mol. The average molecular weight is 550 g/mol. The van der Waals surface area contributed by atoms with Crippen LogP contribution in [0, 0.1) is 5.82 Å². The smallest absolute Gasteiger partial charge is 0.254 e. The second-order valence-corrected chi connectivity index (χ2v) is 9.88. The Balaban J connectivity index is 1.58. The van der Waals surface area contributed by atoms with Crippen LogP contribution in [0.1, 0.15) is 45.6 Å². The third kappa shape index (κ3) is 5.32. The van der Waals surface area contributed by atoms with Gasteiger partial charge in [0.1, 0.15) is 5.15 Å². The number of fused-ring (bicyclic) bond motifs is 1. The predicted octanol–water partition coefficient (Wildman–Crippen LogP) is 5.09. The van der Waals surface area contributed by atoms with E-state index in [2.05, 4.69) is 15.3 Å². The largest absolute Gasteiger partial charge is 0.494 e. The summed E-state index contributed by atoms with van der Waals surface area (Å²) in [6.45, 7) is 2.94. The van der Waals surface area contributed by atoms with Gasteiger partial charge in [-0.05, 0) is 71.5 Å². The number of ether oxygens (including phenoxy) is 1. The van der Waals surface area contributed by atoms with Crippen LogP contribution in [-0.2, 0) is 19.5 Å². The van der Waals surface area contributed by atoms with Crippen LogP contribution in [0.3, 0.4) is 0 Å². The fraction of sp³-hybridized carbons (Fsp3) is 0.276. The number of nitrogens with one attached hydrogen (secondary N) is 1. The van der Waals surface area contributed by atoms with E-state index in [1.807, 2.05) is 29.0 Å². The molecule has 5 rings (SSSR count). The number of methoxy groups -OCH3 is 1. The van der Waals surface area contributed by atoms with E-state index in [1.54, 1.807) is 43.4 Å². The second kappa shape index (κ2) is 11.0. The number of benzene rings is 2. The molecule has 1 amide bonds. The lowest BCUT2D eigenvalue weighted by atomic mass is 9.88. The van der Waals surface area contributed by atoms with Gasteiger partial charge in [-0.25, -0.2) is 14.4 Å². The highest BCUT2D eigenvalue weighted by Gasteiger charge is 2.29. The van der Waals surface area contributed by atoms with Crippen molar-refractivity contribution >= 4 is 23.5 Å². The molecule has 4 aromatic rings. The third-order valence-corrected chi connectivity index (χ3v) is 7.27. The first-order valence-electron chi connectivity index (χ1n) is 12.6. The van der Waals surface area contributed by atoms with Crippen molar-refractivity contribution in [1.82, 2.24) is 19.4 Å². The molecular formula is C29H29ClFN5O3. The highest BCUT2D eigenvalue weighted by Crippen LogP contribution is 2.37. The van der Waals surface area contributed by atoms with Crippen LogP contribution >= 0.6 is 11.6 Å². The van der Waals surface area contributed by atoms with Gasteiger partial charge in [-0.3, -0.25) is 4.79 Å². The zero-order valence-corrected chi connectivity index (χ0v) is 22.7. The molecule has 2 N–H and O–H groups in total. The van der Waals surface area contributed by atoms with Crippen LogP contribution in [0.2, 0.25) is 5.15 Å². The van der Waals surface area contributed by atoms with Crippen molar-refractivity contribution in [3.8, 4) is 16.9 Å². The van der Waals surface area contributed by atoms with E-state index in [9.17, 15) is 14.3 Å². The Kier molecular flexibility index (Phi) is 7.54. The summed E-state index contributed by atoms with van der Waals surface area (Å²) < 4.78 is 21.0. The van der Waals surface area contributed by atoms with E-state index < -0.39 is 11.9 Å². The molecule has 10 heteroatoms. The minimum absolute atomic E-state index is 0.127. The second-order valence-electron chi connectivity index (χ2n) is 9.53. The fourth-order valence-corrected chi connectivity index (χ4v) is 5.16. The quantitative estimate of drug-likeness (QED) is 0.298. The predicted molar refractivity (Wildman–Crippen MR) is 148 cm³/mol. The molecule has 0 aliphatic carbocycles. The zero-order valence-electron chi connectivity index (χ0n) is 21.9. The molecule has 202 valence electrons. The molecule has 0 saturated heterocycles. The highest BCUT2D eigenvalue weighted by atomic mass is 35.5. The third-order valence-electron chi connectivity index (χ3n) is 6.97. The molecule has 0 unspecified atom stereocenters. The van der Waals surface area contributed by atoms with E-state index in [0.29, 0.717) is 53.8 Å². The van der Waals surface area contributed by atoms with E-state index in [4.69, 9.17) is 16.3 Å². The maximum absolute atomic E-state index is 13.9. The molecule has 1 aliphatic rings. The summed E-state index contributed by atoms with van der Waals surface area (Å²) in [7, 11) is 3.22. The van der Waals surface area contributed by atoms with Crippen molar-refractivity contribution in [1.29, 1.82) is 0 Å². The molecule has 2 aromatic carbocycles. The number of halogens is 2. The number of imidazole rings is 1. The van der Waals surface area contributed by atoms with Crippen molar-refractivity contribution in [2.75, 3.05) is 26.0 Å². The molecule has 39 heavy (non-hydrogen) atoms. The molecule has 1 aliphatic heterocycles. The van der Waals surface area contributed by atoms with Crippen LogP contribution in [0.4, 0.5) is 10.3 Å². The van der Waals surface area contributed by atoms with Gasteiger partial charge in [0.15, 0.2) is 11.6 Å². The van der Waals surface area contributed by atoms with E-state index in [0.717, 1.165) is 22.3 Å². The fourth-order valence-electron chi connectivity index (χ4n) is 4.96. The first kappa shape index (κ1) is 26.6. The number of aliphatic hydroxyl groups excluding tert-OH is 1. The van der Waals surface area contributed by atoms with Crippen molar-refractivity contribution in [2.24, 2.45) is 0 Å². The van der Waals surface area contributed by atoms with Crippen molar-refractivity contribution < 1.29 is 19.0 Å². The molecule has 0 saturated carbocycles. The minimum Gasteiger partial charge on any atom is -0.494 e. The number of anilines is 1. The summed E-state index contributed by atoms with van der Waals surface area (Å²) in [5, 5.41) is 13.6. The Morgan fingerprint density at radius 1 is 1.13 bits per heavy atom. The Labute approximate surface area is 231 Å². The van der Waals surface area contributed by atoms with Gasteiger partial charge in [0.05, 0.1) is 19.8 Å². The lowest BCUT2D eigenvalue weighted by molar-refractivity contribution is 0.0727. The number of aromatic nitrogens is 3. The van der Waals surface area contributed by atoms with Crippen LogP contribution in [0.25, 0.3) is 11.1 Å². The molecule has 0 spiro atoms. The van der Waals surface area contributed by atoms with Gasteiger partial charge in [0.25, 0.3) is 5.91 Å². The van der Waals surface area contributed by atoms with Crippen molar-refractivity contribution in [3.63, 3.8) is 0 Å². The van der Waals surface area contributed by atoms with Crippen molar-refractivity contribution in [2.45, 2.75) is 32.5 Å². The summed E-state index contributed by atoms with van der Waals surface area (Å²) in [5.74, 6) is 0.264. The standard InChI is InChI=1S/C29H29ClFN5O3/c1-17(37)20-13-23(27(30)34-14-20)22-10-19(16-36-9-7-33-29(36)32-2)11-24-21(22)6-8-35(28(24)38)15-18-4-5-25(31)26(12-18)39-3/h4-5,7,9-14,17,37H,6,8,15-16H2,1-3H3,(H,32,33)/t17-/m0/s1. The Morgan fingerprint density at radius 2 is 1.92 bits per heavy atom. The molecule has 3 heterocycles. The maximum Gasteiger partial charge on any atom is 0.254 e. The topological polar surface area (TPSA) is 92.5 Å². The molecule has 0 radical (unpaired) electrons. The van der Waals surface area contributed by atoms with E-state index >= 15 is 0 Å². The van der Waals surface area contributed by atoms with Gasteiger partial charge in [-0.2, -0.15) is 0 Å². The lowest BCUT2D eigenvalue weighted by Gasteiger charge is -2.31. The van der Waals surface area contributed by atoms with E-state index in [1.165, 1.54) is 13.2 Å². The summed E-state index contributed by atoms with van der Waals surface area (Å²) >= 11 is 6.58. The van der Waals surface area contributed by atoms with Crippen LogP contribution < -0.4 is 10.1 Å². The molecule has 1 atom stereocenters. The van der Waals surface area contributed by atoms with Gasteiger partial charge < -0.3 is 24.6 Å². The first-order valence-corrected chi connectivity index (χ1v) is 13.0. The first-order chi connectivity index (χ1) is 18.8. The SMILES string of the molecule is CNc1nccn1Cc1cc2c(c(-c3cc([C@H](C)O)cnc3Cl)c1)CCN(Cc1ccc(F)c(OC)c1)C2=O. The van der Waals surface area contributed by atoms with Crippen LogP contribution in [-0.4, -0.2) is 51.2 Å². The maximum atomic E-state index is 13.9. The van der Waals surface area contributed by atoms with Gasteiger partial charge >= 0.3 is 0 Å². The summed E-state index contributed by atoms with van der Waals surface area (Å²) in [5.41, 5.74) is 5.22. The Bertz CT molecular complexity index is 1540. The van der Waals surface area contributed by atoms with Crippen LogP contribution in [0.5, 0.6) is 5.75 Å². The Morgan fingerprint density at radius 3 is 2.67 bits per heavy atom. The van der Waals surface area contributed by atoms with Gasteiger partial charge in [0, 0.05) is 49.9 Å². The number of carbonyl (C=O) groups excluding carboxylic acids is 1. The zero-order chi connectivity index (χ0) is 27.7. The lowest BCUT2D eigenvalue weighted by Crippen LogP contribution is -2.37. The number of amides is 1. The Hall–Kier alpha value is -3.95. The number of aliphatic hydroxyl groups is 1. The monoisotopic (exact) mass is 549 g/mol. The van der Waals surface area contributed by atoms with E-state index in [-0.39, 0.29) is 11.7 Å². The summed E-state index contributed by atoms with van der Waals surface area (Å²) in [4.78, 5) is 24.3. The minimum atomic E-state index is -0.721. The normalized spacial score (nSPS) is 13.8. The molecule has 0 bridgehead atoms. The number of hydrogen-bond acceptors (Lipinski definition) is 6.